The predicted molar refractivity (Wildman–Crippen MR) is 92.5 cm³/mol. The molecule has 0 unspecified atom stereocenters. The third kappa shape index (κ3) is 3.37. The van der Waals surface area contributed by atoms with Gasteiger partial charge in [-0.2, -0.15) is 11.3 Å². The number of aromatic nitrogens is 1. The van der Waals surface area contributed by atoms with E-state index in [-0.39, 0.29) is 5.78 Å². The molecule has 0 aliphatic heterocycles. The van der Waals surface area contributed by atoms with Crippen LogP contribution in [0, 0.1) is 0 Å². The van der Waals surface area contributed by atoms with Crippen LogP contribution < -0.4 is 0 Å². The number of carbonyl (C=O) groups is 1. The van der Waals surface area contributed by atoms with Gasteiger partial charge in [0.05, 0.1) is 10.6 Å². The van der Waals surface area contributed by atoms with Crippen molar-refractivity contribution < 1.29 is 4.79 Å². The molecule has 0 radical (unpaired) electrons. The normalized spacial score (nSPS) is 11.3. The minimum atomic E-state index is 0.0461. The number of thiophene rings is 2. The quantitative estimate of drug-likeness (QED) is 0.463. The van der Waals surface area contributed by atoms with Gasteiger partial charge in [0.1, 0.15) is 5.01 Å². The van der Waals surface area contributed by atoms with Crippen LogP contribution in [0.4, 0.5) is 0 Å². The van der Waals surface area contributed by atoms with Gasteiger partial charge < -0.3 is 0 Å². The molecule has 0 fully saturated rings. The maximum atomic E-state index is 12.1. The minimum Gasteiger partial charge on any atom is -0.288 e. The molecule has 21 heavy (non-hydrogen) atoms. The number of ketones is 1. The Morgan fingerprint density at radius 2 is 2.19 bits per heavy atom. The Bertz CT molecular complexity index is 765. The fourth-order valence-corrected chi connectivity index (χ4v) is 4.19. The fraction of sp³-hybridized carbons (Fsp3) is 0.125. The van der Waals surface area contributed by atoms with Gasteiger partial charge in [-0.3, -0.25) is 4.79 Å². The van der Waals surface area contributed by atoms with Gasteiger partial charge in [-0.15, -0.1) is 22.7 Å². The van der Waals surface area contributed by atoms with Crippen LogP contribution >= 0.6 is 34.0 Å². The van der Waals surface area contributed by atoms with Crippen molar-refractivity contribution >= 4 is 45.9 Å². The lowest BCUT2D eigenvalue weighted by molar-refractivity contribution is 0.105. The topological polar surface area (TPSA) is 30.0 Å². The molecule has 0 saturated heterocycles. The number of allylic oxidation sites excluding steroid dienone is 1. The van der Waals surface area contributed by atoms with Gasteiger partial charge in [-0.1, -0.05) is 6.92 Å². The van der Waals surface area contributed by atoms with Gasteiger partial charge >= 0.3 is 0 Å². The predicted octanol–water partition coefficient (Wildman–Crippen LogP) is 5.39. The average molecular weight is 331 g/mol. The zero-order chi connectivity index (χ0) is 14.7. The van der Waals surface area contributed by atoms with Crippen molar-refractivity contribution in [3.63, 3.8) is 0 Å². The Kier molecular flexibility index (Phi) is 4.43. The molecular weight excluding hydrogens is 318 g/mol. The molecule has 0 amide bonds. The Morgan fingerprint density at radius 1 is 1.29 bits per heavy atom. The Morgan fingerprint density at radius 3 is 2.90 bits per heavy atom. The maximum absolute atomic E-state index is 12.1. The largest absolute Gasteiger partial charge is 0.288 e. The SMILES string of the molecule is CCc1ccc(C(=O)/C=C/c2csc(-c3ccsc3)n2)s1. The van der Waals surface area contributed by atoms with Crippen molar-refractivity contribution in [1.29, 1.82) is 0 Å². The molecule has 2 nitrogen and oxygen atoms in total. The van der Waals surface area contributed by atoms with Gasteiger partial charge in [-0.05, 0) is 42.2 Å². The van der Waals surface area contributed by atoms with Crippen LogP contribution in [0.15, 0.2) is 40.4 Å². The molecule has 5 heteroatoms. The summed E-state index contributed by atoms with van der Waals surface area (Å²) in [6, 6.07) is 5.97. The third-order valence-electron chi connectivity index (χ3n) is 2.95. The highest BCUT2D eigenvalue weighted by Gasteiger charge is 2.07. The van der Waals surface area contributed by atoms with Crippen molar-refractivity contribution in [3.8, 4) is 10.6 Å². The van der Waals surface area contributed by atoms with Crippen LogP contribution in [-0.4, -0.2) is 10.8 Å². The maximum Gasteiger partial charge on any atom is 0.195 e. The molecule has 0 atom stereocenters. The standard InChI is InChI=1S/C16H13NOS3/c1-2-13-4-6-15(21-13)14(18)5-3-12-10-20-16(17-12)11-7-8-19-9-11/h3-10H,2H2,1H3/b5-3+. The Hall–Kier alpha value is -1.56. The summed E-state index contributed by atoms with van der Waals surface area (Å²) in [5.74, 6) is 0.0461. The number of aryl methyl sites for hydroxylation is 1. The zero-order valence-electron chi connectivity index (χ0n) is 11.4. The highest BCUT2D eigenvalue weighted by molar-refractivity contribution is 7.14. The summed E-state index contributed by atoms with van der Waals surface area (Å²) in [5, 5.41) is 7.09. The van der Waals surface area contributed by atoms with Crippen molar-refractivity contribution in [2.45, 2.75) is 13.3 Å². The first kappa shape index (κ1) is 14.4. The first-order valence-corrected chi connectivity index (χ1v) is 9.19. The van der Waals surface area contributed by atoms with Gasteiger partial charge in [-0.25, -0.2) is 4.98 Å². The van der Waals surface area contributed by atoms with Gasteiger partial charge in [0.15, 0.2) is 5.78 Å². The summed E-state index contributed by atoms with van der Waals surface area (Å²) in [7, 11) is 0. The summed E-state index contributed by atoms with van der Waals surface area (Å²) in [6.07, 6.45) is 4.37. The summed E-state index contributed by atoms with van der Waals surface area (Å²) >= 11 is 4.82. The Balaban J connectivity index is 1.72. The average Bonchev–Trinajstić information content (AvgIpc) is 3.24. The van der Waals surface area contributed by atoms with Crippen LogP contribution in [0.5, 0.6) is 0 Å². The van der Waals surface area contributed by atoms with Crippen molar-refractivity contribution in [2.24, 2.45) is 0 Å². The lowest BCUT2D eigenvalue weighted by atomic mass is 10.2. The third-order valence-corrected chi connectivity index (χ3v) is 5.79. The van der Waals surface area contributed by atoms with Gasteiger partial charge in [0.25, 0.3) is 0 Å². The number of nitrogens with zero attached hydrogens (tertiary/aromatic N) is 1. The number of hydrogen-bond acceptors (Lipinski definition) is 5. The number of carbonyl (C=O) groups excluding carboxylic acids is 1. The molecule has 3 rings (SSSR count). The highest BCUT2D eigenvalue weighted by atomic mass is 32.1. The van der Waals surface area contributed by atoms with Gasteiger partial charge in [0, 0.05) is 21.2 Å². The van der Waals surface area contributed by atoms with Crippen LogP contribution in [0.1, 0.15) is 27.2 Å². The smallest absolute Gasteiger partial charge is 0.195 e. The minimum absolute atomic E-state index is 0.0461. The van der Waals surface area contributed by atoms with E-state index in [1.807, 2.05) is 22.9 Å². The molecule has 0 spiro atoms. The van der Waals surface area contributed by atoms with Crippen LogP contribution in [0.3, 0.4) is 0 Å². The second-order valence-corrected chi connectivity index (χ2v) is 7.21. The molecular formula is C16H13NOS3. The number of thiazole rings is 1. The van der Waals surface area contributed by atoms with E-state index in [9.17, 15) is 4.79 Å². The second-order valence-electron chi connectivity index (χ2n) is 4.41. The summed E-state index contributed by atoms with van der Waals surface area (Å²) < 4.78 is 0. The summed E-state index contributed by atoms with van der Waals surface area (Å²) in [4.78, 5) is 18.6. The van der Waals surface area contributed by atoms with Crippen molar-refractivity contribution in [2.75, 3.05) is 0 Å². The monoisotopic (exact) mass is 331 g/mol. The lowest BCUT2D eigenvalue weighted by Crippen LogP contribution is -1.88. The van der Waals surface area contributed by atoms with Crippen LogP contribution in [0.25, 0.3) is 16.6 Å². The second kappa shape index (κ2) is 6.47. The van der Waals surface area contributed by atoms with Crippen LogP contribution in [-0.2, 0) is 6.42 Å². The molecule has 0 saturated carbocycles. The van der Waals surface area contributed by atoms with E-state index < -0.39 is 0 Å². The zero-order valence-corrected chi connectivity index (χ0v) is 13.9. The molecule has 3 aromatic rings. The van der Waals surface area contributed by atoms with E-state index in [0.29, 0.717) is 0 Å². The van der Waals surface area contributed by atoms with E-state index in [1.54, 1.807) is 46.2 Å². The first-order valence-electron chi connectivity index (χ1n) is 6.55. The van der Waals surface area contributed by atoms with Crippen LogP contribution in [0.2, 0.25) is 0 Å². The lowest BCUT2D eigenvalue weighted by Gasteiger charge is -1.89. The van der Waals surface area contributed by atoms with E-state index in [2.05, 4.69) is 23.4 Å². The van der Waals surface area contributed by atoms with Crippen molar-refractivity contribution in [1.82, 2.24) is 4.98 Å². The van der Waals surface area contributed by atoms with E-state index in [4.69, 9.17) is 0 Å². The molecule has 0 N–H and O–H groups in total. The highest BCUT2D eigenvalue weighted by Crippen LogP contribution is 2.26. The van der Waals surface area contributed by atoms with Crippen molar-refractivity contribution in [3.05, 3.63) is 55.9 Å². The number of rotatable bonds is 5. The molecule has 0 aliphatic carbocycles. The summed E-state index contributed by atoms with van der Waals surface area (Å²) in [6.45, 7) is 2.09. The molecule has 0 bridgehead atoms. The molecule has 106 valence electrons. The Labute approximate surface area is 135 Å². The molecule has 0 aromatic carbocycles. The summed E-state index contributed by atoms with van der Waals surface area (Å²) in [5.41, 5.74) is 1.98. The van der Waals surface area contributed by atoms with E-state index >= 15 is 0 Å². The van der Waals surface area contributed by atoms with E-state index in [1.165, 1.54) is 4.88 Å². The molecule has 0 aliphatic rings. The van der Waals surface area contributed by atoms with Gasteiger partial charge in [0.2, 0.25) is 0 Å². The fourth-order valence-electron chi connectivity index (χ4n) is 1.83. The number of hydrogen-bond donors (Lipinski definition) is 0. The molecule has 3 aromatic heterocycles. The first-order chi connectivity index (χ1) is 10.3. The van der Waals surface area contributed by atoms with E-state index in [0.717, 1.165) is 27.6 Å². The molecule has 3 heterocycles.